The maximum Gasteiger partial charge on any atom is 0.456 e. The molecule has 0 unspecified atom stereocenters. The van der Waals surface area contributed by atoms with Crippen molar-refractivity contribution in [3.63, 3.8) is 0 Å². The van der Waals surface area contributed by atoms with E-state index in [1.807, 2.05) is 27.7 Å². The second-order valence-corrected chi connectivity index (χ2v) is 17.4. The molecule has 0 atom stereocenters. The van der Waals surface area contributed by atoms with Crippen molar-refractivity contribution in [3.05, 3.63) is 0 Å². The minimum atomic E-state index is -1.39. The Labute approximate surface area is 334 Å². The molecular formula is C46H90O8. The van der Waals surface area contributed by atoms with Gasteiger partial charge in [-0.1, -0.05) is 232 Å². The minimum absolute atomic E-state index is 0.671. The number of hydrogen-bond donors (Lipinski definition) is 0. The monoisotopic (exact) mass is 771 g/mol. The molecule has 0 aliphatic heterocycles. The molecule has 0 bridgehead atoms. The van der Waals surface area contributed by atoms with Crippen molar-refractivity contribution in [2.45, 2.75) is 284 Å². The molecule has 0 spiro atoms. The summed E-state index contributed by atoms with van der Waals surface area (Å²) in [5.74, 6) is -2.78. The third-order valence-corrected chi connectivity index (χ3v) is 10.7. The molecule has 8 heteroatoms. The summed E-state index contributed by atoms with van der Waals surface area (Å²) in [6.45, 7) is 12.0. The van der Waals surface area contributed by atoms with Crippen molar-refractivity contribution in [3.8, 4) is 0 Å². The van der Waals surface area contributed by atoms with Crippen LogP contribution in [0.1, 0.15) is 273 Å². The van der Waals surface area contributed by atoms with Crippen LogP contribution in [0.3, 0.4) is 0 Å². The van der Waals surface area contributed by atoms with Crippen LogP contribution in [-0.4, -0.2) is 23.1 Å². The molecule has 0 radical (unpaired) electrons. The highest BCUT2D eigenvalue weighted by molar-refractivity contribution is 6.29. The van der Waals surface area contributed by atoms with E-state index in [1.165, 1.54) is 193 Å². The van der Waals surface area contributed by atoms with Crippen LogP contribution >= 0.6 is 0 Å². The van der Waals surface area contributed by atoms with Crippen molar-refractivity contribution >= 4 is 11.9 Å². The lowest BCUT2D eigenvalue weighted by Gasteiger charge is -2.22. The van der Waals surface area contributed by atoms with Gasteiger partial charge in [-0.2, -0.15) is 9.78 Å². The standard InChI is InChI=1S/C46H90O8/c1-7-9-11-13-15-17-19-21-23-25-27-29-31-33-35-37-39-41-45(3,4)51-53-49-43(47)44(48)50-54-52-46(5,6)42-40-38-36-34-32-30-28-26-24-22-20-18-16-14-12-10-8-2/h7-42H2,1-6H3. The SMILES string of the molecule is CCCCCCCCCCCCCCCCCCCC(C)(C)OOOC(=O)C(=O)OOOC(C)(C)CCCCCCCCCCCCCCCCCCC. The fourth-order valence-electron chi connectivity index (χ4n) is 6.98. The van der Waals surface area contributed by atoms with E-state index in [4.69, 9.17) is 9.78 Å². The van der Waals surface area contributed by atoms with E-state index >= 15 is 0 Å². The van der Waals surface area contributed by atoms with Crippen LogP contribution in [0.15, 0.2) is 0 Å². The van der Waals surface area contributed by atoms with Gasteiger partial charge in [0.1, 0.15) is 11.2 Å². The molecule has 322 valence electrons. The summed E-state index contributed by atoms with van der Waals surface area (Å²) in [6.07, 6.45) is 46.6. The second-order valence-electron chi connectivity index (χ2n) is 17.4. The van der Waals surface area contributed by atoms with Gasteiger partial charge >= 0.3 is 11.9 Å². The number of unbranched alkanes of at least 4 members (excludes halogenated alkanes) is 32. The number of rotatable bonds is 42. The topological polar surface area (TPSA) is 89.5 Å². The molecule has 0 aromatic rings. The van der Waals surface area contributed by atoms with Crippen LogP contribution in [0.4, 0.5) is 0 Å². The fraction of sp³-hybridized carbons (Fsp3) is 0.957. The van der Waals surface area contributed by atoms with E-state index in [9.17, 15) is 9.59 Å². The number of carbonyl (C=O) groups is 2. The Kier molecular flexibility index (Phi) is 37.8. The lowest BCUT2D eigenvalue weighted by Crippen LogP contribution is -2.29. The predicted octanol–water partition coefficient (Wildman–Crippen LogP) is 15.4. The summed E-state index contributed by atoms with van der Waals surface area (Å²) >= 11 is 0. The predicted molar refractivity (Wildman–Crippen MR) is 222 cm³/mol. The van der Waals surface area contributed by atoms with Crippen molar-refractivity contribution in [1.29, 1.82) is 0 Å². The molecule has 0 aromatic heterocycles. The molecule has 0 heterocycles. The molecule has 0 saturated carbocycles. The lowest BCUT2D eigenvalue weighted by atomic mass is 9.99. The lowest BCUT2D eigenvalue weighted by molar-refractivity contribution is -0.526. The molecule has 0 aliphatic carbocycles. The first-order chi connectivity index (χ1) is 26.1. The highest BCUT2D eigenvalue weighted by Gasteiger charge is 2.27. The maximum absolute atomic E-state index is 11.9. The van der Waals surface area contributed by atoms with E-state index < -0.39 is 23.1 Å². The first kappa shape index (κ1) is 52.8. The summed E-state index contributed by atoms with van der Waals surface area (Å²) < 4.78 is 0. The summed E-state index contributed by atoms with van der Waals surface area (Å²) in [5.41, 5.74) is -1.34. The van der Waals surface area contributed by atoms with Gasteiger partial charge < -0.3 is 0 Å². The Balaban J connectivity index is 3.64. The zero-order chi connectivity index (χ0) is 39.9. The van der Waals surface area contributed by atoms with E-state index in [0.717, 1.165) is 38.5 Å². The van der Waals surface area contributed by atoms with Crippen molar-refractivity contribution in [1.82, 2.24) is 0 Å². The first-order valence-corrected chi connectivity index (χ1v) is 23.3. The summed E-state index contributed by atoms with van der Waals surface area (Å²) in [4.78, 5) is 43.2. The Bertz CT molecular complexity index is 749. The normalized spacial score (nSPS) is 12.0. The molecule has 0 aromatic carbocycles. The van der Waals surface area contributed by atoms with Gasteiger partial charge in [0.2, 0.25) is 0 Å². The molecule has 0 saturated heterocycles. The van der Waals surface area contributed by atoms with Gasteiger partial charge in [-0.15, -0.1) is 0 Å². The zero-order valence-electron chi connectivity index (χ0n) is 36.7. The van der Waals surface area contributed by atoms with Gasteiger partial charge in [-0.25, -0.2) is 9.59 Å². The largest absolute Gasteiger partial charge is 0.456 e. The molecule has 0 amide bonds. The van der Waals surface area contributed by atoms with E-state index in [0.29, 0.717) is 0 Å². The first-order valence-electron chi connectivity index (χ1n) is 23.3. The highest BCUT2D eigenvalue weighted by Crippen LogP contribution is 2.22. The summed E-state index contributed by atoms with van der Waals surface area (Å²) in [7, 11) is 0. The van der Waals surface area contributed by atoms with Crippen LogP contribution in [0, 0.1) is 0 Å². The van der Waals surface area contributed by atoms with Gasteiger partial charge in [0.25, 0.3) is 0 Å². The van der Waals surface area contributed by atoms with Crippen molar-refractivity contribution in [2.24, 2.45) is 0 Å². The van der Waals surface area contributed by atoms with E-state index in [1.54, 1.807) is 0 Å². The third kappa shape index (κ3) is 39.0. The average molecular weight is 771 g/mol. The molecular weight excluding hydrogens is 680 g/mol. The zero-order valence-corrected chi connectivity index (χ0v) is 36.7. The van der Waals surface area contributed by atoms with E-state index in [-0.39, 0.29) is 0 Å². The third-order valence-electron chi connectivity index (χ3n) is 10.7. The average Bonchev–Trinajstić information content (AvgIpc) is 3.13. The van der Waals surface area contributed by atoms with Crippen molar-refractivity contribution < 1.29 is 39.2 Å². The summed E-state index contributed by atoms with van der Waals surface area (Å²) in [5, 5.41) is 9.22. The van der Waals surface area contributed by atoms with Gasteiger partial charge in [-0.05, 0) is 50.6 Å². The number of carbonyl (C=O) groups excluding carboxylic acids is 2. The maximum atomic E-state index is 11.9. The van der Waals surface area contributed by atoms with Gasteiger partial charge in [0.15, 0.2) is 0 Å². The second kappa shape index (κ2) is 38.6. The van der Waals surface area contributed by atoms with Crippen LogP contribution in [-0.2, 0) is 39.2 Å². The Hall–Kier alpha value is -1.22. The Morgan fingerprint density at radius 2 is 0.500 bits per heavy atom. The smallest absolute Gasteiger partial charge is 0.255 e. The van der Waals surface area contributed by atoms with Gasteiger partial charge in [0, 0.05) is 0 Å². The Morgan fingerprint density at radius 1 is 0.315 bits per heavy atom. The highest BCUT2D eigenvalue weighted by atomic mass is 17.5. The van der Waals surface area contributed by atoms with Crippen LogP contribution in [0.2, 0.25) is 0 Å². The summed E-state index contributed by atoms with van der Waals surface area (Å²) in [6, 6.07) is 0. The number of hydrogen-bond acceptors (Lipinski definition) is 8. The molecule has 0 aliphatic rings. The van der Waals surface area contributed by atoms with Crippen LogP contribution < -0.4 is 0 Å². The fourth-order valence-corrected chi connectivity index (χ4v) is 6.98. The molecule has 54 heavy (non-hydrogen) atoms. The van der Waals surface area contributed by atoms with E-state index in [2.05, 4.69) is 33.7 Å². The molecule has 0 rings (SSSR count). The van der Waals surface area contributed by atoms with Crippen molar-refractivity contribution in [2.75, 3.05) is 0 Å². The molecule has 0 N–H and O–H groups in total. The minimum Gasteiger partial charge on any atom is -0.255 e. The van der Waals surface area contributed by atoms with Crippen LogP contribution in [0.25, 0.3) is 0 Å². The van der Waals surface area contributed by atoms with Crippen LogP contribution in [0.5, 0.6) is 0 Å². The van der Waals surface area contributed by atoms with Gasteiger partial charge in [-0.3, -0.25) is 9.78 Å². The quantitative estimate of drug-likeness (QED) is 0.0262. The Morgan fingerprint density at radius 3 is 0.704 bits per heavy atom. The molecule has 8 nitrogen and oxygen atoms in total. The molecule has 0 fully saturated rings. The van der Waals surface area contributed by atoms with Gasteiger partial charge in [0.05, 0.1) is 0 Å².